The summed E-state index contributed by atoms with van der Waals surface area (Å²) < 4.78 is 16.8. The number of amides is 1. The molecule has 3 rings (SSSR count). The van der Waals surface area contributed by atoms with Crippen molar-refractivity contribution < 1.29 is 28.6 Å². The second-order valence-corrected chi connectivity index (χ2v) is 11.5. The van der Waals surface area contributed by atoms with Crippen LogP contribution in [-0.4, -0.2) is 42.1 Å². The lowest BCUT2D eigenvalue weighted by Gasteiger charge is -2.32. The van der Waals surface area contributed by atoms with Gasteiger partial charge in [0.05, 0.1) is 13.0 Å². The number of rotatable bonds is 10. The average molecular weight is 553 g/mol. The van der Waals surface area contributed by atoms with E-state index in [9.17, 15) is 14.4 Å². The maximum atomic E-state index is 13.4. The van der Waals surface area contributed by atoms with Gasteiger partial charge in [-0.1, -0.05) is 70.9 Å². The maximum Gasteiger partial charge on any atom is 0.328 e. The molecule has 1 aliphatic rings. The number of carbonyl (C=O) groups excluding carboxylic acids is 3. The number of pyridine rings is 1. The van der Waals surface area contributed by atoms with E-state index >= 15 is 0 Å². The van der Waals surface area contributed by atoms with Crippen LogP contribution in [0.5, 0.6) is 11.5 Å². The zero-order chi connectivity index (χ0) is 29.2. The first-order valence-electron chi connectivity index (χ1n) is 14.4. The Labute approximate surface area is 238 Å². The van der Waals surface area contributed by atoms with Crippen molar-refractivity contribution in [3.05, 3.63) is 53.9 Å². The Bertz CT molecular complexity index is 1130. The van der Waals surface area contributed by atoms with Gasteiger partial charge in [0, 0.05) is 12.3 Å². The van der Waals surface area contributed by atoms with Crippen LogP contribution in [0.1, 0.15) is 82.8 Å². The fraction of sp³-hybridized carbons (Fsp3) is 0.562. The minimum Gasteiger partial charge on any atom is -0.493 e. The van der Waals surface area contributed by atoms with E-state index in [-0.39, 0.29) is 29.2 Å². The average Bonchev–Trinajstić information content (AvgIpc) is 2.96. The Morgan fingerprint density at radius 2 is 1.82 bits per heavy atom. The number of aromatic nitrogens is 1. The second kappa shape index (κ2) is 14.8. The first-order valence-corrected chi connectivity index (χ1v) is 14.4. The summed E-state index contributed by atoms with van der Waals surface area (Å²) >= 11 is 0. The standard InChI is InChI=1S/C32H44N2O6/c1-20(2)15-16-25-22(5)39-32(37)26(14-10-13-24(25)19-23-11-8-7-9-12-23)34-30(35)28-29(40-31(36)21(3)4)27(38-6)17-18-33-28/h7-9,11-12,17-18,20-22,24-26H,10,13-16,19H2,1-6H3,(H,34,35)/t22-,24+,25-,26-/m0/s1. The maximum absolute atomic E-state index is 13.4. The third kappa shape index (κ3) is 8.54. The third-order valence-electron chi connectivity index (χ3n) is 7.56. The third-order valence-corrected chi connectivity index (χ3v) is 7.56. The van der Waals surface area contributed by atoms with Crippen LogP contribution in [0.2, 0.25) is 0 Å². The van der Waals surface area contributed by atoms with Gasteiger partial charge in [-0.25, -0.2) is 9.78 Å². The van der Waals surface area contributed by atoms with Gasteiger partial charge in [0.2, 0.25) is 5.75 Å². The van der Waals surface area contributed by atoms with Crippen LogP contribution in [-0.2, 0) is 20.7 Å². The predicted molar refractivity (Wildman–Crippen MR) is 153 cm³/mol. The minimum atomic E-state index is -0.849. The summed E-state index contributed by atoms with van der Waals surface area (Å²) in [6.07, 6.45) is 6.15. The van der Waals surface area contributed by atoms with Crippen LogP contribution >= 0.6 is 0 Å². The van der Waals surface area contributed by atoms with Crippen molar-refractivity contribution in [2.45, 2.75) is 85.3 Å². The molecule has 0 aliphatic carbocycles. The number of cyclic esters (lactones) is 1. The lowest BCUT2D eigenvalue weighted by molar-refractivity contribution is -0.154. The summed E-state index contributed by atoms with van der Waals surface area (Å²) in [5, 5.41) is 2.80. The molecule has 0 bridgehead atoms. The van der Waals surface area contributed by atoms with E-state index in [0.29, 0.717) is 18.3 Å². The monoisotopic (exact) mass is 552 g/mol. The van der Waals surface area contributed by atoms with Gasteiger partial charge < -0.3 is 19.5 Å². The summed E-state index contributed by atoms with van der Waals surface area (Å²) in [4.78, 5) is 43.2. The summed E-state index contributed by atoms with van der Waals surface area (Å²) in [6.45, 7) is 9.78. The van der Waals surface area contributed by atoms with E-state index in [1.54, 1.807) is 13.8 Å². The quantitative estimate of drug-likeness (QED) is 0.373. The number of benzene rings is 1. The first-order chi connectivity index (χ1) is 19.1. The number of methoxy groups -OCH3 is 1. The highest BCUT2D eigenvalue weighted by molar-refractivity contribution is 5.98. The molecule has 1 amide bonds. The number of hydrogen-bond acceptors (Lipinski definition) is 7. The highest BCUT2D eigenvalue weighted by Gasteiger charge is 2.35. The molecule has 40 heavy (non-hydrogen) atoms. The Hall–Kier alpha value is -3.42. The SMILES string of the molecule is COc1ccnc(C(=O)N[C@H]2CCC[C@H](Cc3ccccc3)[C@@H](CCC(C)C)[C@H](C)OC2=O)c1OC(=O)C(C)C. The molecule has 0 radical (unpaired) electrons. The van der Waals surface area contributed by atoms with Gasteiger partial charge in [0.25, 0.3) is 5.91 Å². The Balaban J connectivity index is 1.82. The topological polar surface area (TPSA) is 104 Å². The number of nitrogens with zero attached hydrogens (tertiary/aromatic N) is 1. The number of hydrogen-bond donors (Lipinski definition) is 1. The van der Waals surface area contributed by atoms with Crippen LogP contribution in [0, 0.1) is 23.7 Å². The van der Waals surface area contributed by atoms with E-state index in [4.69, 9.17) is 14.2 Å². The fourth-order valence-electron chi connectivity index (χ4n) is 5.25. The predicted octanol–water partition coefficient (Wildman–Crippen LogP) is 5.78. The van der Waals surface area contributed by atoms with Gasteiger partial charge in [-0.05, 0) is 55.9 Å². The summed E-state index contributed by atoms with van der Waals surface area (Å²) in [6, 6.07) is 11.1. The molecule has 8 nitrogen and oxygen atoms in total. The van der Waals surface area contributed by atoms with E-state index in [0.717, 1.165) is 32.1 Å². The van der Waals surface area contributed by atoms with Gasteiger partial charge in [-0.2, -0.15) is 0 Å². The smallest absolute Gasteiger partial charge is 0.328 e. The van der Waals surface area contributed by atoms with Crippen molar-refractivity contribution >= 4 is 17.8 Å². The van der Waals surface area contributed by atoms with Crippen LogP contribution in [0.15, 0.2) is 42.6 Å². The van der Waals surface area contributed by atoms with Crippen molar-refractivity contribution in [1.82, 2.24) is 10.3 Å². The van der Waals surface area contributed by atoms with Gasteiger partial charge in [0.15, 0.2) is 11.4 Å². The normalized spacial score (nSPS) is 21.6. The highest BCUT2D eigenvalue weighted by Crippen LogP contribution is 2.34. The van der Waals surface area contributed by atoms with Crippen molar-refractivity contribution in [3.63, 3.8) is 0 Å². The molecule has 1 saturated heterocycles. The molecule has 1 aromatic carbocycles. The lowest BCUT2D eigenvalue weighted by Crippen LogP contribution is -2.43. The second-order valence-electron chi connectivity index (χ2n) is 11.5. The number of carbonyl (C=O) groups is 3. The van der Waals surface area contributed by atoms with Crippen molar-refractivity contribution in [2.24, 2.45) is 23.7 Å². The highest BCUT2D eigenvalue weighted by atomic mass is 16.6. The molecule has 218 valence electrons. The molecule has 1 fully saturated rings. The number of nitrogens with one attached hydrogen (secondary N) is 1. The minimum absolute atomic E-state index is 0.0670. The molecule has 0 unspecified atom stereocenters. The van der Waals surface area contributed by atoms with E-state index in [2.05, 4.69) is 48.4 Å². The zero-order valence-corrected chi connectivity index (χ0v) is 24.6. The molecule has 1 aromatic heterocycles. The Morgan fingerprint density at radius 3 is 2.48 bits per heavy atom. The molecular formula is C32H44N2O6. The summed E-state index contributed by atoms with van der Waals surface area (Å²) in [5.41, 5.74) is 1.16. The van der Waals surface area contributed by atoms with Crippen LogP contribution in [0.3, 0.4) is 0 Å². The summed E-state index contributed by atoms with van der Waals surface area (Å²) in [5.74, 6) is -0.778. The molecular weight excluding hydrogens is 508 g/mol. The first kappa shape index (κ1) is 31.1. The molecule has 8 heteroatoms. The van der Waals surface area contributed by atoms with Crippen molar-refractivity contribution in [2.75, 3.05) is 7.11 Å². The van der Waals surface area contributed by atoms with Crippen molar-refractivity contribution in [1.29, 1.82) is 0 Å². The number of ether oxygens (including phenoxy) is 3. The van der Waals surface area contributed by atoms with Crippen LogP contribution < -0.4 is 14.8 Å². The van der Waals surface area contributed by atoms with Gasteiger partial charge in [-0.15, -0.1) is 0 Å². The van der Waals surface area contributed by atoms with Crippen molar-refractivity contribution in [3.8, 4) is 11.5 Å². The lowest BCUT2D eigenvalue weighted by atomic mass is 9.77. The van der Waals surface area contributed by atoms with E-state index < -0.39 is 29.8 Å². The molecule has 0 spiro atoms. The molecule has 1 N–H and O–H groups in total. The van der Waals surface area contributed by atoms with Gasteiger partial charge in [-0.3, -0.25) is 9.59 Å². The zero-order valence-electron chi connectivity index (χ0n) is 24.6. The van der Waals surface area contributed by atoms with Gasteiger partial charge in [0.1, 0.15) is 12.1 Å². The Kier molecular flexibility index (Phi) is 11.5. The fourth-order valence-corrected chi connectivity index (χ4v) is 5.25. The number of esters is 2. The molecule has 2 heterocycles. The Morgan fingerprint density at radius 1 is 1.10 bits per heavy atom. The largest absolute Gasteiger partial charge is 0.493 e. The van der Waals surface area contributed by atoms with Crippen LogP contribution in [0.25, 0.3) is 0 Å². The van der Waals surface area contributed by atoms with Gasteiger partial charge >= 0.3 is 11.9 Å². The molecule has 4 atom stereocenters. The summed E-state index contributed by atoms with van der Waals surface area (Å²) in [7, 11) is 1.42. The van der Waals surface area contributed by atoms with Crippen LogP contribution in [0.4, 0.5) is 0 Å². The molecule has 0 saturated carbocycles. The molecule has 1 aliphatic heterocycles. The van der Waals surface area contributed by atoms with E-state index in [1.165, 1.54) is 24.9 Å². The van der Waals surface area contributed by atoms with E-state index in [1.807, 2.05) is 13.0 Å². The molecule has 2 aromatic rings.